The molecule has 1 aromatic rings. The van der Waals surface area contributed by atoms with Crippen molar-refractivity contribution in [1.82, 2.24) is 0 Å². The van der Waals surface area contributed by atoms with Crippen molar-refractivity contribution in [3.8, 4) is 0 Å². The van der Waals surface area contributed by atoms with Crippen LogP contribution < -0.4 is 0 Å². The van der Waals surface area contributed by atoms with Gasteiger partial charge in [0.2, 0.25) is 0 Å². The summed E-state index contributed by atoms with van der Waals surface area (Å²) in [5.41, 5.74) is -0.189. The first-order chi connectivity index (χ1) is 6.94. The molecule has 0 spiro atoms. The van der Waals surface area contributed by atoms with E-state index >= 15 is 0 Å². The summed E-state index contributed by atoms with van der Waals surface area (Å²) in [7, 11) is 0. The minimum atomic E-state index is -1.03. The number of carbonyl (C=O) groups excluding carboxylic acids is 1. The highest BCUT2D eigenvalue weighted by Gasteiger charge is 2.21. The zero-order chi connectivity index (χ0) is 11.5. The normalized spacial score (nSPS) is 14.7. The van der Waals surface area contributed by atoms with Crippen LogP contribution in [0.2, 0.25) is 5.02 Å². The minimum absolute atomic E-state index is 0.111. The van der Waals surface area contributed by atoms with Crippen molar-refractivity contribution in [2.75, 3.05) is 0 Å². The van der Waals surface area contributed by atoms with E-state index in [0.29, 0.717) is 17.7 Å². The molecule has 0 aliphatic rings. The van der Waals surface area contributed by atoms with Crippen molar-refractivity contribution in [2.45, 2.75) is 25.4 Å². The number of hydrogen-bond donors (Lipinski definition) is 1. The Balaban J connectivity index is 2.84. The Hall–Kier alpha value is -0.380. The van der Waals surface area contributed by atoms with Crippen molar-refractivity contribution in [3.63, 3.8) is 0 Å². The molecule has 0 aromatic heterocycles. The summed E-state index contributed by atoms with van der Waals surface area (Å²) < 4.78 is 0.895. The Bertz CT molecular complexity index is 364. The van der Waals surface area contributed by atoms with Crippen molar-refractivity contribution in [3.05, 3.63) is 33.3 Å². The quantitative estimate of drug-likeness (QED) is 0.866. The standard InChI is InChI=1S/C11H12BrClO2/c1-11(15,4-5-14)7-8-2-3-9(12)6-10(8)13/h2-3,5-6,15H,4,7H2,1H3. The van der Waals surface area contributed by atoms with E-state index in [2.05, 4.69) is 15.9 Å². The van der Waals surface area contributed by atoms with Crippen LogP contribution in [0, 0.1) is 0 Å². The highest BCUT2D eigenvalue weighted by atomic mass is 79.9. The second kappa shape index (κ2) is 5.10. The number of benzene rings is 1. The average Bonchev–Trinajstić information content (AvgIpc) is 2.09. The first kappa shape index (κ1) is 12.7. The molecule has 1 aromatic carbocycles. The highest BCUT2D eigenvalue weighted by molar-refractivity contribution is 9.10. The monoisotopic (exact) mass is 290 g/mol. The summed E-state index contributed by atoms with van der Waals surface area (Å²) in [6.07, 6.45) is 1.20. The molecule has 2 nitrogen and oxygen atoms in total. The van der Waals surface area contributed by atoms with Crippen molar-refractivity contribution >= 4 is 33.8 Å². The number of rotatable bonds is 4. The topological polar surface area (TPSA) is 37.3 Å². The van der Waals surface area contributed by atoms with Gasteiger partial charge in [-0.2, -0.15) is 0 Å². The fraction of sp³-hybridized carbons (Fsp3) is 0.364. The smallest absolute Gasteiger partial charge is 0.122 e. The van der Waals surface area contributed by atoms with Crippen LogP contribution in [0.3, 0.4) is 0 Å². The molecule has 82 valence electrons. The van der Waals surface area contributed by atoms with Gasteiger partial charge in [-0.1, -0.05) is 33.6 Å². The van der Waals surface area contributed by atoms with Gasteiger partial charge in [-0.15, -0.1) is 0 Å². The average molecular weight is 292 g/mol. The zero-order valence-electron chi connectivity index (χ0n) is 8.34. The summed E-state index contributed by atoms with van der Waals surface area (Å²) in [6, 6.07) is 5.47. The van der Waals surface area contributed by atoms with Crippen LogP contribution in [-0.4, -0.2) is 17.0 Å². The van der Waals surface area contributed by atoms with Crippen LogP contribution in [0.4, 0.5) is 0 Å². The number of carbonyl (C=O) groups is 1. The Morgan fingerprint density at radius 1 is 1.60 bits per heavy atom. The third-order valence-corrected chi connectivity index (χ3v) is 2.95. The van der Waals surface area contributed by atoms with Crippen LogP contribution in [0.25, 0.3) is 0 Å². The van der Waals surface area contributed by atoms with Crippen LogP contribution in [0.15, 0.2) is 22.7 Å². The molecule has 15 heavy (non-hydrogen) atoms. The van der Waals surface area contributed by atoms with Gasteiger partial charge in [0.1, 0.15) is 6.29 Å². The van der Waals surface area contributed by atoms with Gasteiger partial charge < -0.3 is 9.90 Å². The lowest BCUT2D eigenvalue weighted by atomic mass is 9.94. The summed E-state index contributed by atoms with van der Waals surface area (Å²) in [4.78, 5) is 10.3. The Kier molecular flexibility index (Phi) is 4.32. The Morgan fingerprint density at radius 2 is 2.27 bits per heavy atom. The van der Waals surface area contributed by atoms with Gasteiger partial charge in [0.25, 0.3) is 0 Å². The zero-order valence-corrected chi connectivity index (χ0v) is 10.7. The van der Waals surface area contributed by atoms with Crippen molar-refractivity contribution in [1.29, 1.82) is 0 Å². The van der Waals surface area contributed by atoms with Gasteiger partial charge in [-0.25, -0.2) is 0 Å². The maximum absolute atomic E-state index is 10.3. The maximum Gasteiger partial charge on any atom is 0.122 e. The summed E-state index contributed by atoms with van der Waals surface area (Å²) in [6.45, 7) is 1.62. The molecule has 0 bridgehead atoms. The highest BCUT2D eigenvalue weighted by Crippen LogP contribution is 2.25. The fourth-order valence-electron chi connectivity index (χ4n) is 1.33. The lowest BCUT2D eigenvalue weighted by molar-refractivity contribution is -0.111. The van der Waals surface area contributed by atoms with Crippen LogP contribution >= 0.6 is 27.5 Å². The summed E-state index contributed by atoms with van der Waals surface area (Å²) in [5.74, 6) is 0. The fourth-order valence-corrected chi connectivity index (χ4v) is 2.07. The first-order valence-electron chi connectivity index (χ1n) is 4.54. The molecule has 1 atom stereocenters. The van der Waals surface area contributed by atoms with E-state index in [4.69, 9.17) is 11.6 Å². The third-order valence-electron chi connectivity index (χ3n) is 2.11. The molecular weight excluding hydrogens is 279 g/mol. The molecule has 0 fully saturated rings. The summed E-state index contributed by atoms with van der Waals surface area (Å²) >= 11 is 9.31. The molecule has 0 aliphatic heterocycles. The minimum Gasteiger partial charge on any atom is -0.389 e. The van der Waals surface area contributed by atoms with Gasteiger partial charge >= 0.3 is 0 Å². The largest absolute Gasteiger partial charge is 0.389 e. The lowest BCUT2D eigenvalue weighted by Gasteiger charge is -2.21. The predicted molar refractivity (Wildman–Crippen MR) is 64.2 cm³/mol. The maximum atomic E-state index is 10.3. The molecule has 0 saturated heterocycles. The first-order valence-corrected chi connectivity index (χ1v) is 5.72. The number of aliphatic hydroxyl groups is 1. The third kappa shape index (κ3) is 3.93. The van der Waals surface area contributed by atoms with Crippen LogP contribution in [0.5, 0.6) is 0 Å². The SMILES string of the molecule is CC(O)(CC=O)Cc1ccc(Br)cc1Cl. The molecule has 0 saturated carbocycles. The van der Waals surface area contributed by atoms with Crippen LogP contribution in [0.1, 0.15) is 18.9 Å². The predicted octanol–water partition coefficient (Wildman–Crippen LogP) is 2.99. The lowest BCUT2D eigenvalue weighted by Crippen LogP contribution is -2.27. The Labute approximate surface area is 102 Å². The Morgan fingerprint density at radius 3 is 2.80 bits per heavy atom. The molecule has 0 aliphatic carbocycles. The molecule has 4 heteroatoms. The van der Waals surface area contributed by atoms with E-state index in [9.17, 15) is 9.90 Å². The van der Waals surface area contributed by atoms with E-state index in [1.165, 1.54) is 0 Å². The van der Waals surface area contributed by atoms with Gasteiger partial charge in [-0.05, 0) is 24.6 Å². The molecule has 1 N–H and O–H groups in total. The number of halogens is 2. The summed E-state index contributed by atoms with van der Waals surface area (Å²) in [5, 5.41) is 10.5. The van der Waals surface area contributed by atoms with Gasteiger partial charge in [-0.3, -0.25) is 0 Å². The molecular formula is C11H12BrClO2. The van der Waals surface area contributed by atoms with Gasteiger partial charge in [0.15, 0.2) is 0 Å². The van der Waals surface area contributed by atoms with Crippen LogP contribution in [-0.2, 0) is 11.2 Å². The van der Waals surface area contributed by atoms with Crippen molar-refractivity contribution in [2.24, 2.45) is 0 Å². The van der Waals surface area contributed by atoms with E-state index in [-0.39, 0.29) is 6.42 Å². The van der Waals surface area contributed by atoms with E-state index in [1.54, 1.807) is 13.0 Å². The van der Waals surface area contributed by atoms with E-state index < -0.39 is 5.60 Å². The molecule has 1 rings (SSSR count). The molecule has 0 amide bonds. The molecule has 0 heterocycles. The molecule has 1 unspecified atom stereocenters. The van der Waals surface area contributed by atoms with E-state index in [0.717, 1.165) is 10.0 Å². The van der Waals surface area contributed by atoms with Crippen molar-refractivity contribution < 1.29 is 9.90 Å². The molecule has 0 radical (unpaired) electrons. The second-order valence-corrected chi connectivity index (χ2v) is 5.10. The second-order valence-electron chi connectivity index (χ2n) is 3.78. The number of aldehydes is 1. The van der Waals surface area contributed by atoms with Gasteiger partial charge in [0, 0.05) is 22.3 Å². The van der Waals surface area contributed by atoms with E-state index in [1.807, 2.05) is 12.1 Å². The van der Waals surface area contributed by atoms with Gasteiger partial charge in [0.05, 0.1) is 5.60 Å². The number of hydrogen-bond acceptors (Lipinski definition) is 2.